The average molecular weight is 296 g/mol. The predicted molar refractivity (Wildman–Crippen MR) is 92.5 cm³/mol. The minimum atomic E-state index is -0.0470. The lowest BCUT2D eigenvalue weighted by molar-refractivity contribution is -0.111. The van der Waals surface area contributed by atoms with E-state index in [0.717, 1.165) is 12.0 Å². The number of hydrogen-bond acceptors (Lipinski definition) is 1. The molecule has 22 heavy (non-hydrogen) atoms. The molecule has 0 amide bonds. The number of fused-ring (bicyclic) bond motifs is 3. The highest BCUT2D eigenvalue weighted by Crippen LogP contribution is 2.64. The molecule has 1 fully saturated rings. The average Bonchev–Trinajstić information content (AvgIpc) is 2.39. The summed E-state index contributed by atoms with van der Waals surface area (Å²) in [6.07, 6.45) is 8.84. The van der Waals surface area contributed by atoms with E-state index in [0.29, 0.717) is 5.92 Å². The van der Waals surface area contributed by atoms with E-state index < -0.39 is 0 Å². The first-order valence-corrected chi connectivity index (χ1v) is 8.38. The zero-order chi connectivity index (χ0) is 16.5. The van der Waals surface area contributed by atoms with E-state index in [1.807, 2.05) is 13.0 Å². The van der Waals surface area contributed by atoms with Gasteiger partial charge in [0.15, 0.2) is 5.78 Å². The highest BCUT2D eigenvalue weighted by Gasteiger charge is 2.56. The molecule has 0 heterocycles. The summed E-state index contributed by atoms with van der Waals surface area (Å²) in [7, 11) is 0. The summed E-state index contributed by atoms with van der Waals surface area (Å²) in [4.78, 5) is 12.3. The predicted octanol–water partition coefficient (Wildman–Crippen LogP) is 5.41. The first-order chi connectivity index (χ1) is 10.0. The van der Waals surface area contributed by atoms with E-state index in [2.05, 4.69) is 53.3 Å². The molecule has 0 bridgehead atoms. The molecule has 1 heteroatoms. The normalized spacial score (nSPS) is 40.3. The molecule has 0 saturated heterocycles. The Kier molecular flexibility index (Phi) is 3.06. The van der Waals surface area contributed by atoms with Crippen LogP contribution in [-0.2, 0) is 4.79 Å². The first kappa shape index (κ1) is 15.5. The third-order valence-electron chi connectivity index (χ3n) is 6.71. The zero-order valence-electron chi connectivity index (χ0n) is 14.8. The van der Waals surface area contributed by atoms with Crippen molar-refractivity contribution in [1.82, 2.24) is 0 Å². The molecule has 0 radical (unpaired) electrons. The van der Waals surface area contributed by atoms with E-state index in [9.17, 15) is 4.79 Å². The van der Waals surface area contributed by atoms with Gasteiger partial charge in [0.1, 0.15) is 0 Å². The molecule has 1 unspecified atom stereocenters. The maximum Gasteiger partial charge on any atom is 0.181 e. The van der Waals surface area contributed by atoms with Crippen LogP contribution in [0, 0.1) is 22.2 Å². The molecular formula is C21H28O. The standard InChI is InChI=1S/C21H28O/c1-13-12-21(7)17(19(4,5)15(13)3)8-9-20(6)11-14(2)16(22)10-18(20)21/h10-12,17H,3,8-9H2,1-2,4-7H3/t17-,20-,21?/m0/s1. The SMILES string of the molecule is C=C1C(C)=CC2(C)C3=CC(=O)C(C)=C[C@]3(C)CC[C@H]2C1(C)C. The van der Waals surface area contributed by atoms with Crippen LogP contribution in [0.5, 0.6) is 0 Å². The van der Waals surface area contributed by atoms with Crippen molar-refractivity contribution in [3.63, 3.8) is 0 Å². The third-order valence-corrected chi connectivity index (χ3v) is 6.71. The van der Waals surface area contributed by atoms with Crippen LogP contribution in [0.4, 0.5) is 0 Å². The lowest BCUT2D eigenvalue weighted by Crippen LogP contribution is -2.50. The number of rotatable bonds is 0. The van der Waals surface area contributed by atoms with Crippen LogP contribution in [0.1, 0.15) is 54.4 Å². The maximum absolute atomic E-state index is 12.3. The van der Waals surface area contributed by atoms with E-state index in [1.54, 1.807) is 0 Å². The molecular weight excluding hydrogens is 268 g/mol. The van der Waals surface area contributed by atoms with Gasteiger partial charge < -0.3 is 0 Å². The number of carbonyl (C=O) groups is 1. The zero-order valence-corrected chi connectivity index (χ0v) is 14.8. The fraction of sp³-hybridized carbons (Fsp3) is 0.571. The van der Waals surface area contributed by atoms with Crippen LogP contribution in [-0.4, -0.2) is 5.78 Å². The van der Waals surface area contributed by atoms with Gasteiger partial charge in [-0.1, -0.05) is 52.0 Å². The highest BCUT2D eigenvalue weighted by molar-refractivity contribution is 6.05. The fourth-order valence-corrected chi connectivity index (χ4v) is 5.49. The first-order valence-electron chi connectivity index (χ1n) is 8.38. The van der Waals surface area contributed by atoms with Gasteiger partial charge >= 0.3 is 0 Å². The quantitative estimate of drug-likeness (QED) is 0.584. The molecule has 1 saturated carbocycles. The molecule has 0 N–H and O–H groups in total. The van der Waals surface area contributed by atoms with Gasteiger partial charge in [0.2, 0.25) is 0 Å². The summed E-state index contributed by atoms with van der Waals surface area (Å²) in [5.74, 6) is 0.692. The summed E-state index contributed by atoms with van der Waals surface area (Å²) >= 11 is 0. The fourth-order valence-electron chi connectivity index (χ4n) is 5.49. The second-order valence-corrected chi connectivity index (χ2v) is 8.57. The molecule has 0 aromatic rings. The van der Waals surface area contributed by atoms with Crippen molar-refractivity contribution in [1.29, 1.82) is 0 Å². The van der Waals surface area contributed by atoms with E-state index in [-0.39, 0.29) is 22.0 Å². The van der Waals surface area contributed by atoms with Gasteiger partial charge in [-0.05, 0) is 60.8 Å². The molecule has 3 aliphatic carbocycles. The number of allylic oxidation sites excluding steroid dienone is 7. The van der Waals surface area contributed by atoms with Crippen molar-refractivity contribution >= 4 is 5.78 Å². The minimum absolute atomic E-state index is 0.0226. The molecule has 0 aromatic heterocycles. The molecule has 3 atom stereocenters. The minimum Gasteiger partial charge on any atom is -0.290 e. The van der Waals surface area contributed by atoms with Gasteiger partial charge in [-0.3, -0.25) is 4.79 Å². The van der Waals surface area contributed by atoms with Gasteiger partial charge in [0.05, 0.1) is 0 Å². The summed E-state index contributed by atoms with van der Waals surface area (Å²) in [5, 5.41) is 0. The van der Waals surface area contributed by atoms with Crippen molar-refractivity contribution in [3.05, 3.63) is 47.1 Å². The van der Waals surface area contributed by atoms with Gasteiger partial charge in [-0.2, -0.15) is 0 Å². The highest BCUT2D eigenvalue weighted by atomic mass is 16.1. The van der Waals surface area contributed by atoms with E-state index in [1.165, 1.54) is 23.1 Å². The monoisotopic (exact) mass is 296 g/mol. The van der Waals surface area contributed by atoms with Crippen molar-refractivity contribution in [2.45, 2.75) is 54.4 Å². The summed E-state index contributed by atoms with van der Waals surface area (Å²) in [6.45, 7) is 17.8. The lowest BCUT2D eigenvalue weighted by atomic mass is 9.45. The van der Waals surface area contributed by atoms with Crippen LogP contribution in [0.15, 0.2) is 47.1 Å². The Bertz CT molecular complexity index is 670. The van der Waals surface area contributed by atoms with Crippen molar-refractivity contribution in [2.75, 3.05) is 0 Å². The van der Waals surface area contributed by atoms with Crippen LogP contribution >= 0.6 is 0 Å². The van der Waals surface area contributed by atoms with Crippen molar-refractivity contribution in [3.8, 4) is 0 Å². The summed E-state index contributed by atoms with van der Waals surface area (Å²) < 4.78 is 0. The topological polar surface area (TPSA) is 17.1 Å². The second-order valence-electron chi connectivity index (χ2n) is 8.57. The van der Waals surface area contributed by atoms with E-state index >= 15 is 0 Å². The second kappa shape index (κ2) is 4.34. The van der Waals surface area contributed by atoms with E-state index in [4.69, 9.17) is 0 Å². The summed E-state index contributed by atoms with van der Waals surface area (Å²) in [6, 6.07) is 0. The molecule has 3 aliphatic rings. The molecule has 0 aliphatic heterocycles. The molecule has 0 spiro atoms. The number of carbonyl (C=O) groups excluding carboxylic acids is 1. The lowest BCUT2D eigenvalue weighted by Gasteiger charge is -2.58. The largest absolute Gasteiger partial charge is 0.290 e. The van der Waals surface area contributed by atoms with Crippen LogP contribution in [0.2, 0.25) is 0 Å². The van der Waals surface area contributed by atoms with Gasteiger partial charge in [-0.25, -0.2) is 0 Å². The Morgan fingerprint density at radius 3 is 2.36 bits per heavy atom. The van der Waals surface area contributed by atoms with Crippen LogP contribution < -0.4 is 0 Å². The molecule has 1 nitrogen and oxygen atoms in total. The third kappa shape index (κ3) is 1.81. The van der Waals surface area contributed by atoms with Gasteiger partial charge in [0.25, 0.3) is 0 Å². The van der Waals surface area contributed by atoms with Crippen molar-refractivity contribution in [2.24, 2.45) is 22.2 Å². The Morgan fingerprint density at radius 1 is 1.09 bits per heavy atom. The Morgan fingerprint density at radius 2 is 1.73 bits per heavy atom. The number of ketones is 1. The van der Waals surface area contributed by atoms with Crippen LogP contribution in [0.3, 0.4) is 0 Å². The Labute approximate surface area is 134 Å². The maximum atomic E-state index is 12.3. The van der Waals surface area contributed by atoms with Crippen LogP contribution in [0.25, 0.3) is 0 Å². The number of hydrogen-bond donors (Lipinski definition) is 0. The molecule has 3 rings (SSSR count). The smallest absolute Gasteiger partial charge is 0.181 e. The van der Waals surface area contributed by atoms with Gasteiger partial charge in [0, 0.05) is 10.8 Å². The summed E-state index contributed by atoms with van der Waals surface area (Å²) in [5.41, 5.74) is 4.80. The van der Waals surface area contributed by atoms with Gasteiger partial charge in [-0.15, -0.1) is 0 Å². The molecule has 118 valence electrons. The van der Waals surface area contributed by atoms with Crippen molar-refractivity contribution < 1.29 is 4.79 Å². The molecule has 0 aromatic carbocycles. The Hall–Kier alpha value is -1.37. The Balaban J connectivity index is 2.23.